The van der Waals surface area contributed by atoms with Gasteiger partial charge in [0.25, 0.3) is 5.91 Å². The molecule has 134 valence electrons. The molecule has 0 aliphatic carbocycles. The van der Waals surface area contributed by atoms with Crippen LogP contribution < -0.4 is 14.8 Å². The average Bonchev–Trinajstić information content (AvgIpc) is 3.19. The maximum atomic E-state index is 12.9. The molecule has 1 N–H and O–H groups in total. The van der Waals surface area contributed by atoms with Gasteiger partial charge in [-0.2, -0.15) is 0 Å². The van der Waals surface area contributed by atoms with Crippen LogP contribution >= 0.6 is 0 Å². The predicted octanol–water partition coefficient (Wildman–Crippen LogP) is 4.27. The van der Waals surface area contributed by atoms with E-state index in [-0.39, 0.29) is 12.7 Å². The predicted molar refractivity (Wildman–Crippen MR) is 105 cm³/mol. The van der Waals surface area contributed by atoms with Gasteiger partial charge in [-0.15, -0.1) is 0 Å². The summed E-state index contributed by atoms with van der Waals surface area (Å²) >= 11 is 0. The normalized spacial score (nSPS) is 12.7. The Morgan fingerprint density at radius 3 is 2.37 bits per heavy atom. The zero-order valence-corrected chi connectivity index (χ0v) is 14.7. The summed E-state index contributed by atoms with van der Waals surface area (Å²) in [4.78, 5) is 12.9. The first-order valence-electron chi connectivity index (χ1n) is 8.78. The summed E-state index contributed by atoms with van der Waals surface area (Å²) in [5.74, 6) is 1.33. The van der Waals surface area contributed by atoms with Gasteiger partial charge < -0.3 is 14.8 Å². The lowest BCUT2D eigenvalue weighted by Crippen LogP contribution is -2.23. The average molecular weight is 357 g/mol. The Bertz CT molecular complexity index is 965. The smallest absolute Gasteiger partial charge is 0.252 e. The number of ether oxygens (including phenoxy) is 2. The van der Waals surface area contributed by atoms with Gasteiger partial charge in [-0.05, 0) is 34.9 Å². The number of carbonyl (C=O) groups excluding carboxylic acids is 1. The fourth-order valence-corrected chi connectivity index (χ4v) is 2.94. The molecule has 0 unspecified atom stereocenters. The van der Waals surface area contributed by atoms with E-state index in [2.05, 4.69) is 5.32 Å². The van der Waals surface area contributed by atoms with Crippen molar-refractivity contribution in [1.82, 2.24) is 5.32 Å². The molecule has 3 aromatic rings. The number of carbonyl (C=O) groups is 1. The molecular formula is C23H19NO3. The Kier molecular flexibility index (Phi) is 4.88. The van der Waals surface area contributed by atoms with Gasteiger partial charge >= 0.3 is 0 Å². The van der Waals surface area contributed by atoms with Crippen molar-refractivity contribution in [3.05, 3.63) is 95.6 Å². The highest BCUT2D eigenvalue weighted by Crippen LogP contribution is 2.32. The van der Waals surface area contributed by atoms with Crippen LogP contribution in [0, 0.1) is 0 Å². The number of fused-ring (bicyclic) bond motifs is 1. The van der Waals surface area contributed by atoms with Gasteiger partial charge in [0.05, 0.1) is 0 Å². The van der Waals surface area contributed by atoms with Crippen molar-refractivity contribution in [2.45, 2.75) is 6.54 Å². The summed E-state index contributed by atoms with van der Waals surface area (Å²) in [7, 11) is 0. The van der Waals surface area contributed by atoms with Crippen LogP contribution in [0.15, 0.2) is 78.9 Å². The van der Waals surface area contributed by atoms with Gasteiger partial charge in [0, 0.05) is 12.1 Å². The lowest BCUT2D eigenvalue weighted by molar-refractivity contribution is -0.115. The second-order valence-electron chi connectivity index (χ2n) is 6.21. The fourth-order valence-electron chi connectivity index (χ4n) is 2.94. The van der Waals surface area contributed by atoms with E-state index in [9.17, 15) is 4.79 Å². The van der Waals surface area contributed by atoms with E-state index in [4.69, 9.17) is 9.47 Å². The van der Waals surface area contributed by atoms with Gasteiger partial charge in [-0.25, -0.2) is 0 Å². The van der Waals surface area contributed by atoms with Gasteiger partial charge in [0.2, 0.25) is 6.79 Å². The topological polar surface area (TPSA) is 47.6 Å². The van der Waals surface area contributed by atoms with E-state index >= 15 is 0 Å². The fraction of sp³-hybridized carbons (Fsp3) is 0.0870. The number of nitrogens with one attached hydrogen (secondary N) is 1. The van der Waals surface area contributed by atoms with Gasteiger partial charge in [0.1, 0.15) is 0 Å². The molecule has 1 heterocycles. The molecule has 0 aromatic heterocycles. The number of hydrogen-bond acceptors (Lipinski definition) is 3. The van der Waals surface area contributed by atoms with Crippen LogP contribution in [0.3, 0.4) is 0 Å². The van der Waals surface area contributed by atoms with E-state index in [1.165, 1.54) is 0 Å². The molecule has 3 aromatic carbocycles. The largest absolute Gasteiger partial charge is 0.454 e. The van der Waals surface area contributed by atoms with Crippen molar-refractivity contribution < 1.29 is 14.3 Å². The molecule has 0 fully saturated rings. The van der Waals surface area contributed by atoms with Crippen molar-refractivity contribution in [1.29, 1.82) is 0 Å². The van der Waals surface area contributed by atoms with Crippen LogP contribution in [0.1, 0.15) is 16.7 Å². The molecule has 0 radical (unpaired) electrons. The summed E-state index contributed by atoms with van der Waals surface area (Å²) < 4.78 is 10.7. The van der Waals surface area contributed by atoms with Crippen LogP contribution in [0.25, 0.3) is 11.6 Å². The molecular weight excluding hydrogens is 338 g/mol. The van der Waals surface area contributed by atoms with Crippen molar-refractivity contribution in [2.75, 3.05) is 6.79 Å². The number of amides is 1. The molecule has 0 saturated carbocycles. The molecule has 4 nitrogen and oxygen atoms in total. The molecule has 0 bridgehead atoms. The molecule has 1 aliphatic heterocycles. The van der Waals surface area contributed by atoms with Crippen LogP contribution in [0.2, 0.25) is 0 Å². The standard InChI is InChI=1S/C23H19NO3/c25-23(24-15-18-11-12-21-22(14-18)27-16-26-21)20(19-9-5-2-6-10-19)13-17-7-3-1-4-8-17/h1-14H,15-16H2,(H,24,25). The Labute approximate surface area is 158 Å². The van der Waals surface area contributed by atoms with Crippen molar-refractivity contribution in [2.24, 2.45) is 0 Å². The summed E-state index contributed by atoms with van der Waals surface area (Å²) in [6.45, 7) is 0.650. The molecule has 1 aliphatic rings. The second kappa shape index (κ2) is 7.79. The lowest BCUT2D eigenvalue weighted by Gasteiger charge is -2.10. The highest BCUT2D eigenvalue weighted by molar-refractivity contribution is 6.24. The van der Waals surface area contributed by atoms with E-state index in [1.807, 2.05) is 84.9 Å². The van der Waals surface area contributed by atoms with Crippen LogP contribution in [-0.2, 0) is 11.3 Å². The third-order valence-corrected chi connectivity index (χ3v) is 4.33. The van der Waals surface area contributed by atoms with Gasteiger partial charge in [-0.1, -0.05) is 66.7 Å². The first-order chi connectivity index (χ1) is 13.3. The highest BCUT2D eigenvalue weighted by Gasteiger charge is 2.15. The molecule has 1 amide bonds. The Balaban J connectivity index is 1.55. The van der Waals surface area contributed by atoms with Crippen molar-refractivity contribution >= 4 is 17.6 Å². The first kappa shape index (κ1) is 16.9. The van der Waals surface area contributed by atoms with Crippen LogP contribution in [-0.4, -0.2) is 12.7 Å². The molecule has 0 spiro atoms. The summed E-state index contributed by atoms with van der Waals surface area (Å²) in [6, 6.07) is 25.2. The third-order valence-electron chi connectivity index (χ3n) is 4.33. The zero-order chi connectivity index (χ0) is 18.5. The van der Waals surface area contributed by atoms with E-state index in [0.29, 0.717) is 17.9 Å². The lowest BCUT2D eigenvalue weighted by atomic mass is 10.0. The maximum absolute atomic E-state index is 12.9. The Hall–Kier alpha value is -3.53. The van der Waals surface area contributed by atoms with Gasteiger partial charge in [0.15, 0.2) is 11.5 Å². The SMILES string of the molecule is O=C(NCc1ccc2c(c1)OCO2)C(=Cc1ccccc1)c1ccccc1. The highest BCUT2D eigenvalue weighted by atomic mass is 16.7. The van der Waals surface area contributed by atoms with Crippen molar-refractivity contribution in [3.63, 3.8) is 0 Å². The molecule has 0 atom stereocenters. The Morgan fingerprint density at radius 1 is 0.889 bits per heavy atom. The van der Waals surface area contributed by atoms with Crippen LogP contribution in [0.4, 0.5) is 0 Å². The number of hydrogen-bond donors (Lipinski definition) is 1. The monoisotopic (exact) mass is 357 g/mol. The third kappa shape index (κ3) is 4.01. The minimum absolute atomic E-state index is 0.122. The molecule has 4 rings (SSSR count). The maximum Gasteiger partial charge on any atom is 0.252 e. The quantitative estimate of drug-likeness (QED) is 0.548. The van der Waals surface area contributed by atoms with E-state index in [0.717, 1.165) is 22.4 Å². The zero-order valence-electron chi connectivity index (χ0n) is 14.7. The van der Waals surface area contributed by atoms with Crippen LogP contribution in [0.5, 0.6) is 11.5 Å². The minimum Gasteiger partial charge on any atom is -0.454 e. The Morgan fingerprint density at radius 2 is 1.59 bits per heavy atom. The first-order valence-corrected chi connectivity index (χ1v) is 8.78. The molecule has 0 saturated heterocycles. The molecule has 27 heavy (non-hydrogen) atoms. The van der Waals surface area contributed by atoms with Crippen molar-refractivity contribution in [3.8, 4) is 11.5 Å². The number of rotatable bonds is 5. The summed E-state index contributed by atoms with van der Waals surface area (Å²) in [6.07, 6.45) is 1.91. The summed E-state index contributed by atoms with van der Waals surface area (Å²) in [5, 5.41) is 3.01. The number of benzene rings is 3. The minimum atomic E-state index is -0.122. The summed E-state index contributed by atoms with van der Waals surface area (Å²) in [5.41, 5.74) is 3.45. The molecule has 4 heteroatoms. The van der Waals surface area contributed by atoms with Gasteiger partial charge in [-0.3, -0.25) is 4.79 Å². The second-order valence-corrected chi connectivity index (χ2v) is 6.21. The van der Waals surface area contributed by atoms with E-state index in [1.54, 1.807) is 0 Å². The van der Waals surface area contributed by atoms with E-state index < -0.39 is 0 Å².